The van der Waals surface area contributed by atoms with Gasteiger partial charge in [-0.05, 0) is 86.0 Å². The fourth-order valence-corrected chi connectivity index (χ4v) is 8.22. The molecule has 37 heavy (non-hydrogen) atoms. The van der Waals surface area contributed by atoms with Crippen molar-refractivity contribution < 1.29 is 22.2 Å². The Hall–Kier alpha value is -2.30. The van der Waals surface area contributed by atoms with E-state index in [4.69, 9.17) is 4.18 Å². The number of aryl methyl sites for hydroxylation is 2. The first-order valence-corrected chi connectivity index (χ1v) is 15.2. The number of hydrogen-bond donors (Lipinski definition) is 1. The minimum atomic E-state index is -3.81. The van der Waals surface area contributed by atoms with Gasteiger partial charge in [-0.15, -0.1) is 11.3 Å². The predicted octanol–water partition coefficient (Wildman–Crippen LogP) is 4.71. The van der Waals surface area contributed by atoms with Crippen LogP contribution < -0.4 is 9.50 Å². The van der Waals surface area contributed by atoms with Crippen LogP contribution in [-0.4, -0.2) is 43.5 Å². The molecule has 2 aromatic rings. The lowest BCUT2D eigenvalue weighted by Gasteiger charge is -2.50. The summed E-state index contributed by atoms with van der Waals surface area (Å²) in [4.78, 5) is 31.2. The van der Waals surface area contributed by atoms with E-state index in [2.05, 4.69) is 17.2 Å². The van der Waals surface area contributed by atoms with E-state index in [1.807, 2.05) is 19.1 Å². The van der Waals surface area contributed by atoms with Gasteiger partial charge in [-0.2, -0.15) is 12.7 Å². The number of thiazole rings is 1. The van der Waals surface area contributed by atoms with Crippen LogP contribution in [0.3, 0.4) is 0 Å². The second-order valence-electron chi connectivity index (χ2n) is 11.2. The summed E-state index contributed by atoms with van der Waals surface area (Å²) in [5.74, 6) is 1.81. The monoisotopic (exact) mass is 545 g/mol. The topological polar surface area (TPSA) is 106 Å². The van der Waals surface area contributed by atoms with Crippen LogP contribution in [0.25, 0.3) is 0 Å². The van der Waals surface area contributed by atoms with Gasteiger partial charge in [0.15, 0.2) is 5.13 Å². The molecule has 2 fully saturated rings. The number of nitrogens with one attached hydrogen (secondary N) is 1. The smallest absolute Gasteiger partial charge is 0.371 e. The van der Waals surface area contributed by atoms with Crippen molar-refractivity contribution in [3.8, 4) is 5.75 Å². The van der Waals surface area contributed by atoms with E-state index in [-0.39, 0.29) is 23.2 Å². The Balaban J connectivity index is 1.32. The molecular formula is C27H35N3O5S2. The van der Waals surface area contributed by atoms with Gasteiger partial charge >= 0.3 is 10.3 Å². The molecule has 0 aliphatic heterocycles. The third-order valence-corrected chi connectivity index (χ3v) is 10.9. The molecule has 5 atom stereocenters. The molecule has 1 aromatic carbocycles. The normalized spacial score (nSPS) is 28.9. The number of amides is 1. The Kier molecular flexibility index (Phi) is 6.96. The Morgan fingerprint density at radius 3 is 2.78 bits per heavy atom. The number of carbonyl (C=O) groups excluding carboxylic acids is 2. The molecule has 0 saturated heterocycles. The second kappa shape index (κ2) is 9.78. The molecule has 10 heteroatoms. The molecule has 8 nitrogen and oxygen atoms in total. The maximum atomic E-state index is 13.2. The lowest BCUT2D eigenvalue weighted by Crippen LogP contribution is -2.44. The standard InChI is InChI=1S/C27H35N3O5S2/c1-16-15-28-26(36-16)29-24(32)10-6-18-14-23(31)27(2)12-11-21-20-9-7-19(35-37(33,34)30(3)4)13-17(20)5-8-22(21)25(18)27/h7,9,13,15,18,21-22,25H,5-6,8,10-12,14H2,1-4H3,(H,28,29,32)/t18-,21?,22?,25?,27-/m1/s1. The van der Waals surface area contributed by atoms with Crippen molar-refractivity contribution in [3.05, 3.63) is 40.4 Å². The second-order valence-corrected chi connectivity index (χ2v) is 14.2. The number of benzene rings is 1. The lowest BCUT2D eigenvalue weighted by molar-refractivity contribution is -0.129. The summed E-state index contributed by atoms with van der Waals surface area (Å²) in [5, 5.41) is 3.53. The summed E-state index contributed by atoms with van der Waals surface area (Å²) < 4.78 is 30.7. The summed E-state index contributed by atoms with van der Waals surface area (Å²) in [6, 6.07) is 5.63. The van der Waals surface area contributed by atoms with Gasteiger partial charge in [-0.3, -0.25) is 9.59 Å². The average molecular weight is 546 g/mol. The van der Waals surface area contributed by atoms with Gasteiger partial charge < -0.3 is 9.50 Å². The van der Waals surface area contributed by atoms with Gasteiger partial charge in [0, 0.05) is 43.4 Å². The highest BCUT2D eigenvalue weighted by atomic mass is 32.2. The zero-order valence-corrected chi connectivity index (χ0v) is 23.5. The number of Topliss-reactive ketones (excluding diaryl/α,β-unsaturated/α-hetero) is 1. The zero-order chi connectivity index (χ0) is 26.5. The van der Waals surface area contributed by atoms with Gasteiger partial charge in [0.1, 0.15) is 11.5 Å². The molecule has 1 N–H and O–H groups in total. The van der Waals surface area contributed by atoms with Crippen molar-refractivity contribution in [2.75, 3.05) is 19.4 Å². The van der Waals surface area contributed by atoms with Gasteiger partial charge in [-0.25, -0.2) is 4.98 Å². The molecule has 0 radical (unpaired) electrons. The molecular weight excluding hydrogens is 510 g/mol. The van der Waals surface area contributed by atoms with E-state index < -0.39 is 10.3 Å². The highest BCUT2D eigenvalue weighted by Gasteiger charge is 2.58. The quantitative estimate of drug-likeness (QED) is 0.540. The van der Waals surface area contributed by atoms with E-state index in [0.29, 0.717) is 47.8 Å². The molecule has 2 saturated carbocycles. The fourth-order valence-electron chi connectivity index (χ4n) is 7.04. The van der Waals surface area contributed by atoms with Crippen LogP contribution in [0.4, 0.5) is 5.13 Å². The first kappa shape index (κ1) is 26.3. The predicted molar refractivity (Wildman–Crippen MR) is 143 cm³/mol. The first-order valence-electron chi connectivity index (χ1n) is 13.0. The number of hydrogen-bond acceptors (Lipinski definition) is 7. The number of aromatic nitrogens is 1. The average Bonchev–Trinajstić information content (AvgIpc) is 3.36. The van der Waals surface area contributed by atoms with Crippen LogP contribution in [0.15, 0.2) is 24.4 Å². The van der Waals surface area contributed by atoms with Crippen molar-refractivity contribution in [2.45, 2.75) is 64.7 Å². The Morgan fingerprint density at radius 2 is 2.08 bits per heavy atom. The number of fused-ring (bicyclic) bond motifs is 5. The molecule has 1 heterocycles. The van der Waals surface area contributed by atoms with Crippen LogP contribution in [0.2, 0.25) is 0 Å². The number of anilines is 1. The van der Waals surface area contributed by atoms with Crippen LogP contribution in [0, 0.1) is 30.1 Å². The summed E-state index contributed by atoms with van der Waals surface area (Å²) in [5.41, 5.74) is 2.06. The minimum absolute atomic E-state index is 0.0445. The SMILES string of the molecule is Cc1cnc(NC(=O)CC[C@@H]2CC(=O)[C@@]3(C)CCC4c5ccc(OS(=O)(=O)N(C)C)cc5CCC4C23)s1. The number of carbonyl (C=O) groups is 2. The van der Waals surface area contributed by atoms with Crippen LogP contribution >= 0.6 is 11.3 Å². The summed E-state index contributed by atoms with van der Waals surface area (Å²) in [6.45, 7) is 4.10. The van der Waals surface area contributed by atoms with Crippen LogP contribution in [0.5, 0.6) is 5.75 Å². The minimum Gasteiger partial charge on any atom is -0.371 e. The zero-order valence-electron chi connectivity index (χ0n) is 21.8. The Morgan fingerprint density at radius 1 is 1.30 bits per heavy atom. The molecule has 5 rings (SSSR count). The van der Waals surface area contributed by atoms with Crippen molar-refractivity contribution in [2.24, 2.45) is 23.2 Å². The highest BCUT2D eigenvalue weighted by Crippen LogP contribution is 2.62. The maximum absolute atomic E-state index is 13.2. The van der Waals surface area contributed by atoms with Crippen molar-refractivity contribution in [1.29, 1.82) is 0 Å². The summed E-state index contributed by atoms with van der Waals surface area (Å²) in [7, 11) is -0.917. The molecule has 3 unspecified atom stereocenters. The van der Waals surface area contributed by atoms with Crippen molar-refractivity contribution in [3.63, 3.8) is 0 Å². The van der Waals surface area contributed by atoms with E-state index >= 15 is 0 Å². The van der Waals surface area contributed by atoms with Crippen molar-refractivity contribution >= 4 is 38.5 Å². The Labute approximate surface area is 223 Å². The third-order valence-electron chi connectivity index (χ3n) is 8.80. The number of rotatable bonds is 7. The Bertz CT molecular complexity index is 1320. The fraction of sp³-hybridized carbons (Fsp3) is 0.593. The van der Waals surface area contributed by atoms with Crippen LogP contribution in [-0.2, 0) is 26.3 Å². The molecule has 0 bridgehead atoms. The molecule has 3 aliphatic carbocycles. The highest BCUT2D eigenvalue weighted by molar-refractivity contribution is 7.84. The van der Waals surface area contributed by atoms with E-state index in [1.54, 1.807) is 12.3 Å². The maximum Gasteiger partial charge on any atom is 0.384 e. The first-order chi connectivity index (χ1) is 17.5. The summed E-state index contributed by atoms with van der Waals surface area (Å²) in [6.07, 6.45) is 6.97. The van der Waals surface area contributed by atoms with Crippen molar-refractivity contribution in [1.82, 2.24) is 9.29 Å². The summed E-state index contributed by atoms with van der Waals surface area (Å²) >= 11 is 1.46. The van der Waals surface area contributed by atoms with Crippen LogP contribution in [0.1, 0.15) is 67.4 Å². The van der Waals surface area contributed by atoms with E-state index in [0.717, 1.165) is 40.4 Å². The largest absolute Gasteiger partial charge is 0.384 e. The number of ketones is 1. The number of nitrogens with zero attached hydrogens (tertiary/aromatic N) is 2. The van der Waals surface area contributed by atoms with Gasteiger partial charge in [-0.1, -0.05) is 13.0 Å². The van der Waals surface area contributed by atoms with Gasteiger partial charge in [0.2, 0.25) is 5.91 Å². The molecule has 3 aliphatic rings. The van der Waals surface area contributed by atoms with E-state index in [9.17, 15) is 18.0 Å². The third kappa shape index (κ3) is 4.95. The molecule has 200 valence electrons. The van der Waals surface area contributed by atoms with Gasteiger partial charge in [0.25, 0.3) is 0 Å². The molecule has 0 spiro atoms. The molecule has 1 aromatic heterocycles. The lowest BCUT2D eigenvalue weighted by atomic mass is 9.54. The van der Waals surface area contributed by atoms with E-state index in [1.165, 1.54) is 31.0 Å². The molecule has 1 amide bonds. The van der Waals surface area contributed by atoms with Gasteiger partial charge in [0.05, 0.1) is 0 Å².